The minimum atomic E-state index is -0.0506. The highest BCUT2D eigenvalue weighted by Crippen LogP contribution is 2.25. The molecule has 25 heavy (non-hydrogen) atoms. The molecule has 0 radical (unpaired) electrons. The van der Waals surface area contributed by atoms with E-state index in [2.05, 4.69) is 39.3 Å². The van der Waals surface area contributed by atoms with Gasteiger partial charge in [-0.05, 0) is 25.3 Å². The number of carbonyl (C=O) groups excluding carboxylic acids is 1. The van der Waals surface area contributed by atoms with Gasteiger partial charge in [-0.15, -0.1) is 0 Å². The number of hydrogen-bond donors (Lipinski definition) is 1. The van der Waals surface area contributed by atoms with E-state index in [-0.39, 0.29) is 11.8 Å². The van der Waals surface area contributed by atoms with Gasteiger partial charge in [0.15, 0.2) is 11.6 Å². The molecule has 0 aromatic carbocycles. The molecule has 1 N–H and O–H groups in total. The summed E-state index contributed by atoms with van der Waals surface area (Å²) in [6.07, 6.45) is 4.66. The van der Waals surface area contributed by atoms with Crippen molar-refractivity contribution in [3.05, 3.63) is 24.0 Å². The smallest absolute Gasteiger partial charge is 0.239 e. The van der Waals surface area contributed by atoms with Crippen molar-refractivity contribution in [1.82, 2.24) is 24.8 Å². The molecule has 2 aromatic rings. The first-order valence-electron chi connectivity index (χ1n) is 8.84. The normalized spacial score (nSPS) is 18.6. The number of piperidine rings is 1. The summed E-state index contributed by atoms with van der Waals surface area (Å²) in [5.41, 5.74) is 0. The molecule has 1 atom stereocenters. The molecule has 3 rings (SSSR count). The molecule has 2 aromatic heterocycles. The van der Waals surface area contributed by atoms with E-state index >= 15 is 0 Å². The fourth-order valence-electron chi connectivity index (χ4n) is 3.15. The van der Waals surface area contributed by atoms with Crippen molar-refractivity contribution in [2.24, 2.45) is 13.0 Å². The Hall–Kier alpha value is -2.22. The molecular weight excluding hydrogens is 320 g/mol. The highest BCUT2D eigenvalue weighted by Gasteiger charge is 2.27. The summed E-state index contributed by atoms with van der Waals surface area (Å²) in [5, 5.41) is 11.1. The van der Waals surface area contributed by atoms with E-state index in [4.69, 9.17) is 4.52 Å². The van der Waals surface area contributed by atoms with Gasteiger partial charge < -0.3 is 9.84 Å². The van der Waals surface area contributed by atoms with Crippen LogP contribution < -0.4 is 5.32 Å². The maximum atomic E-state index is 12.2. The van der Waals surface area contributed by atoms with E-state index in [9.17, 15) is 4.79 Å². The maximum absolute atomic E-state index is 12.2. The topological polar surface area (TPSA) is 89.1 Å². The van der Waals surface area contributed by atoms with Crippen molar-refractivity contribution in [2.45, 2.75) is 39.0 Å². The molecule has 8 heteroatoms. The van der Waals surface area contributed by atoms with Crippen LogP contribution in [0.2, 0.25) is 0 Å². The largest absolute Gasteiger partial charge is 0.339 e. The number of aryl methyl sites for hydroxylation is 1. The van der Waals surface area contributed by atoms with Crippen molar-refractivity contribution in [1.29, 1.82) is 0 Å². The van der Waals surface area contributed by atoms with Gasteiger partial charge in [-0.1, -0.05) is 19.0 Å². The van der Waals surface area contributed by atoms with Gasteiger partial charge in [-0.3, -0.25) is 14.4 Å². The monoisotopic (exact) mass is 346 g/mol. The third-order valence-electron chi connectivity index (χ3n) is 4.28. The Labute approximate surface area is 147 Å². The van der Waals surface area contributed by atoms with Gasteiger partial charge in [-0.25, -0.2) is 0 Å². The number of likely N-dealkylation sites (tertiary alicyclic amines) is 1. The van der Waals surface area contributed by atoms with E-state index in [1.807, 2.05) is 7.05 Å². The van der Waals surface area contributed by atoms with Crippen molar-refractivity contribution in [2.75, 3.05) is 25.0 Å². The quantitative estimate of drug-likeness (QED) is 0.858. The third-order valence-corrected chi connectivity index (χ3v) is 4.28. The zero-order valence-corrected chi connectivity index (χ0v) is 15.1. The molecule has 1 unspecified atom stereocenters. The van der Waals surface area contributed by atoms with Gasteiger partial charge >= 0.3 is 0 Å². The number of amides is 1. The van der Waals surface area contributed by atoms with Crippen LogP contribution in [0.4, 0.5) is 5.82 Å². The number of hydrogen-bond acceptors (Lipinski definition) is 6. The number of rotatable bonds is 6. The molecule has 0 spiro atoms. The predicted molar refractivity (Wildman–Crippen MR) is 93.1 cm³/mol. The number of nitrogens with one attached hydrogen (secondary N) is 1. The van der Waals surface area contributed by atoms with Crippen LogP contribution in [0, 0.1) is 5.92 Å². The Balaban J connectivity index is 1.53. The molecule has 1 saturated heterocycles. The Kier molecular flexibility index (Phi) is 5.47. The molecule has 1 aliphatic rings. The molecule has 1 aliphatic heterocycles. The fraction of sp³-hybridized carbons (Fsp3) is 0.647. The summed E-state index contributed by atoms with van der Waals surface area (Å²) >= 11 is 0. The zero-order chi connectivity index (χ0) is 17.8. The van der Waals surface area contributed by atoms with Crippen LogP contribution in [-0.2, 0) is 18.3 Å². The van der Waals surface area contributed by atoms with Crippen molar-refractivity contribution in [3.8, 4) is 0 Å². The Bertz CT molecular complexity index is 708. The summed E-state index contributed by atoms with van der Waals surface area (Å²) in [6.45, 7) is 6.29. The van der Waals surface area contributed by atoms with Crippen LogP contribution in [0.25, 0.3) is 0 Å². The molecule has 136 valence electrons. The highest BCUT2D eigenvalue weighted by atomic mass is 16.5. The van der Waals surface area contributed by atoms with Gasteiger partial charge in [-0.2, -0.15) is 10.1 Å². The summed E-state index contributed by atoms with van der Waals surface area (Å²) in [7, 11) is 1.82. The molecule has 1 fully saturated rings. The lowest BCUT2D eigenvalue weighted by Gasteiger charge is -2.30. The van der Waals surface area contributed by atoms with E-state index in [0.29, 0.717) is 24.2 Å². The average molecular weight is 346 g/mol. The van der Waals surface area contributed by atoms with E-state index in [1.165, 1.54) is 0 Å². The van der Waals surface area contributed by atoms with Crippen LogP contribution >= 0.6 is 0 Å². The summed E-state index contributed by atoms with van der Waals surface area (Å²) in [4.78, 5) is 18.9. The lowest BCUT2D eigenvalue weighted by Crippen LogP contribution is -2.39. The second-order valence-electron chi connectivity index (χ2n) is 7.14. The summed E-state index contributed by atoms with van der Waals surface area (Å²) < 4.78 is 7.12. The van der Waals surface area contributed by atoms with Crippen molar-refractivity contribution < 1.29 is 9.32 Å². The maximum Gasteiger partial charge on any atom is 0.239 e. The number of aromatic nitrogens is 4. The molecule has 0 aliphatic carbocycles. The van der Waals surface area contributed by atoms with Gasteiger partial charge in [0.05, 0.1) is 12.5 Å². The van der Waals surface area contributed by atoms with Crippen molar-refractivity contribution in [3.63, 3.8) is 0 Å². The van der Waals surface area contributed by atoms with Gasteiger partial charge in [0.2, 0.25) is 11.8 Å². The molecule has 3 heterocycles. The second-order valence-corrected chi connectivity index (χ2v) is 7.14. The Morgan fingerprint density at radius 2 is 2.32 bits per heavy atom. The lowest BCUT2D eigenvalue weighted by atomic mass is 9.98. The Morgan fingerprint density at radius 1 is 1.48 bits per heavy atom. The lowest BCUT2D eigenvalue weighted by molar-refractivity contribution is -0.117. The van der Waals surface area contributed by atoms with Gasteiger partial charge in [0.1, 0.15) is 0 Å². The summed E-state index contributed by atoms with van der Waals surface area (Å²) in [6, 6.07) is 1.78. The molecule has 8 nitrogen and oxygen atoms in total. The van der Waals surface area contributed by atoms with E-state index in [1.54, 1.807) is 16.9 Å². The van der Waals surface area contributed by atoms with Crippen LogP contribution in [-0.4, -0.2) is 50.4 Å². The van der Waals surface area contributed by atoms with Crippen molar-refractivity contribution >= 4 is 11.7 Å². The predicted octanol–water partition coefficient (Wildman–Crippen LogP) is 1.82. The average Bonchev–Trinajstić information content (AvgIpc) is 3.16. The third kappa shape index (κ3) is 4.88. The van der Waals surface area contributed by atoms with E-state index < -0.39 is 0 Å². The fourth-order valence-corrected chi connectivity index (χ4v) is 3.15. The van der Waals surface area contributed by atoms with Crippen LogP contribution in [0.15, 0.2) is 16.8 Å². The Morgan fingerprint density at radius 3 is 3.04 bits per heavy atom. The number of nitrogens with zero attached hydrogens (tertiary/aromatic N) is 5. The first-order chi connectivity index (χ1) is 12.0. The van der Waals surface area contributed by atoms with Gasteiger partial charge in [0.25, 0.3) is 0 Å². The first kappa shape index (κ1) is 17.6. The van der Waals surface area contributed by atoms with Crippen LogP contribution in [0.1, 0.15) is 44.3 Å². The standard InChI is InChI=1S/C17H26N6O2/c1-12(2)9-15-19-17(25-21-15)13-5-4-7-23(10-13)11-16(24)18-14-6-8-22(3)20-14/h6,8,12-13H,4-5,7,9-11H2,1-3H3,(H,18,20,24). The van der Waals surface area contributed by atoms with Crippen LogP contribution in [0.5, 0.6) is 0 Å². The molecule has 0 saturated carbocycles. The first-order valence-corrected chi connectivity index (χ1v) is 8.84. The zero-order valence-electron chi connectivity index (χ0n) is 15.1. The highest BCUT2D eigenvalue weighted by molar-refractivity contribution is 5.91. The van der Waals surface area contributed by atoms with Crippen LogP contribution in [0.3, 0.4) is 0 Å². The minimum Gasteiger partial charge on any atom is -0.339 e. The molecular formula is C17H26N6O2. The molecule has 0 bridgehead atoms. The second kappa shape index (κ2) is 7.77. The minimum absolute atomic E-state index is 0.0506. The number of anilines is 1. The SMILES string of the molecule is CC(C)Cc1noc(C2CCCN(CC(=O)Nc3ccn(C)n3)C2)n1. The number of carbonyl (C=O) groups is 1. The van der Waals surface area contributed by atoms with Gasteiger partial charge in [0, 0.05) is 32.3 Å². The van der Waals surface area contributed by atoms with E-state index in [0.717, 1.165) is 38.2 Å². The summed E-state index contributed by atoms with van der Waals surface area (Å²) in [5.74, 6) is 2.70. The molecule has 1 amide bonds.